The molecule has 0 radical (unpaired) electrons. The van der Waals surface area contributed by atoms with E-state index in [1.165, 1.54) is 4.90 Å². The number of hydrogen-bond donors (Lipinski definition) is 1. The van der Waals surface area contributed by atoms with Gasteiger partial charge in [-0.05, 0) is 43.2 Å². The van der Waals surface area contributed by atoms with Crippen LogP contribution in [0.4, 0.5) is 0 Å². The second-order valence-electron chi connectivity index (χ2n) is 9.58. The fraction of sp³-hybridized carbons (Fsp3) is 0.375. The molecule has 9 heteroatoms. The molecule has 9 nitrogen and oxygen atoms in total. The minimum absolute atomic E-state index is 0.0532. The molecule has 5 rings (SSSR count). The summed E-state index contributed by atoms with van der Waals surface area (Å²) < 4.78 is 10.7. The first-order chi connectivity index (χ1) is 20.1. The van der Waals surface area contributed by atoms with Gasteiger partial charge in [0.2, 0.25) is 12.7 Å². The van der Waals surface area contributed by atoms with E-state index >= 15 is 0 Å². The molecule has 0 bridgehead atoms. The SMILES string of the molecule is CC.CC/C=C\C=C/N=CCCN1CC(=O)N2[C@@H](C1=O)c1c([nH]c3ccccc3c1=O)[C@H]2C1/C=C/OCO/C=C/C1. The van der Waals surface area contributed by atoms with Crippen LogP contribution in [0.25, 0.3) is 10.9 Å². The molecular formula is C32H38N4O5. The Morgan fingerprint density at radius 1 is 1.10 bits per heavy atom. The van der Waals surface area contributed by atoms with Gasteiger partial charge in [0, 0.05) is 47.9 Å². The van der Waals surface area contributed by atoms with Gasteiger partial charge in [-0.2, -0.15) is 0 Å². The summed E-state index contributed by atoms with van der Waals surface area (Å²) in [6, 6.07) is 5.70. The van der Waals surface area contributed by atoms with Crippen molar-refractivity contribution < 1.29 is 19.1 Å². The van der Waals surface area contributed by atoms with Gasteiger partial charge >= 0.3 is 0 Å². The predicted molar refractivity (Wildman–Crippen MR) is 160 cm³/mol. The smallest absolute Gasteiger partial charge is 0.250 e. The van der Waals surface area contributed by atoms with E-state index in [0.717, 1.165) is 6.42 Å². The lowest BCUT2D eigenvalue weighted by Gasteiger charge is -2.40. The van der Waals surface area contributed by atoms with Gasteiger partial charge in [0.25, 0.3) is 5.91 Å². The number of carbonyl (C=O) groups excluding carboxylic acids is 2. The largest absolute Gasteiger partial charge is 0.465 e. The highest BCUT2D eigenvalue weighted by molar-refractivity contribution is 5.98. The van der Waals surface area contributed by atoms with Crippen molar-refractivity contribution in [2.24, 2.45) is 10.9 Å². The fourth-order valence-electron chi connectivity index (χ4n) is 5.39. The van der Waals surface area contributed by atoms with Crippen LogP contribution in [-0.4, -0.2) is 52.7 Å². The first-order valence-electron chi connectivity index (χ1n) is 14.2. The number of fused-ring (bicyclic) bond motifs is 4. The quantitative estimate of drug-likeness (QED) is 0.367. The van der Waals surface area contributed by atoms with E-state index in [1.54, 1.807) is 42.0 Å². The normalized spacial score (nSPS) is 23.8. The summed E-state index contributed by atoms with van der Waals surface area (Å²) in [6.45, 7) is 6.42. The topological polar surface area (TPSA) is 104 Å². The van der Waals surface area contributed by atoms with Gasteiger partial charge in [-0.15, -0.1) is 0 Å². The number of hydrogen-bond acceptors (Lipinski definition) is 6. The van der Waals surface area contributed by atoms with Crippen molar-refractivity contribution in [2.45, 2.75) is 52.1 Å². The minimum atomic E-state index is -0.988. The van der Waals surface area contributed by atoms with Gasteiger partial charge in [0.1, 0.15) is 6.04 Å². The number of piperazine rings is 1. The monoisotopic (exact) mass is 558 g/mol. The lowest BCUT2D eigenvalue weighted by Crippen LogP contribution is -2.55. The number of nitrogens with one attached hydrogen (secondary N) is 1. The van der Waals surface area contributed by atoms with Crippen LogP contribution in [-0.2, 0) is 19.1 Å². The van der Waals surface area contributed by atoms with E-state index in [9.17, 15) is 14.4 Å². The highest BCUT2D eigenvalue weighted by atomic mass is 16.7. The van der Waals surface area contributed by atoms with E-state index in [-0.39, 0.29) is 36.5 Å². The molecule has 0 saturated carbocycles. The Morgan fingerprint density at radius 3 is 2.73 bits per heavy atom. The van der Waals surface area contributed by atoms with Gasteiger partial charge in [-0.1, -0.05) is 45.1 Å². The van der Waals surface area contributed by atoms with E-state index in [0.29, 0.717) is 41.5 Å². The molecule has 1 saturated heterocycles. The number of carbonyl (C=O) groups is 2. The number of aromatic nitrogens is 1. The molecule has 3 aliphatic heterocycles. The van der Waals surface area contributed by atoms with E-state index in [2.05, 4.69) is 16.9 Å². The average molecular weight is 559 g/mol. The molecule has 1 fully saturated rings. The van der Waals surface area contributed by atoms with Gasteiger partial charge in [-0.3, -0.25) is 19.4 Å². The maximum absolute atomic E-state index is 13.9. The lowest BCUT2D eigenvalue weighted by molar-refractivity contribution is -0.158. The van der Waals surface area contributed by atoms with E-state index in [1.807, 2.05) is 56.4 Å². The number of pyridine rings is 1. The highest BCUT2D eigenvalue weighted by Gasteiger charge is 2.53. The Hall–Kier alpha value is -4.40. The summed E-state index contributed by atoms with van der Waals surface area (Å²) >= 11 is 0. The number of aromatic amines is 1. The summed E-state index contributed by atoms with van der Waals surface area (Å²) in [5, 5.41) is 0.493. The molecule has 1 aromatic heterocycles. The Kier molecular flexibility index (Phi) is 10.3. The zero-order valence-electron chi connectivity index (χ0n) is 23.9. The number of benzene rings is 1. The molecule has 2 aromatic rings. The van der Waals surface area contributed by atoms with Crippen LogP contribution in [0.1, 0.15) is 63.4 Å². The summed E-state index contributed by atoms with van der Waals surface area (Å²) in [4.78, 5) is 52.2. The number of amides is 2. The average Bonchev–Trinajstić information content (AvgIpc) is 3.40. The Balaban J connectivity index is 0.00000189. The maximum Gasteiger partial charge on any atom is 0.250 e. The molecule has 2 amide bonds. The van der Waals surface area contributed by atoms with Crippen LogP contribution in [0, 0.1) is 5.92 Å². The Bertz CT molecular complexity index is 1440. The second-order valence-corrected chi connectivity index (χ2v) is 9.58. The van der Waals surface area contributed by atoms with Crippen LogP contribution in [0.5, 0.6) is 0 Å². The van der Waals surface area contributed by atoms with Crippen LogP contribution in [0.3, 0.4) is 0 Å². The number of aliphatic imine (C=N–C) groups is 1. The van der Waals surface area contributed by atoms with Crippen molar-refractivity contribution in [3.05, 3.63) is 94.9 Å². The third-order valence-corrected chi connectivity index (χ3v) is 7.14. The Labute approximate surface area is 240 Å². The van der Waals surface area contributed by atoms with Gasteiger partial charge in [-0.25, -0.2) is 0 Å². The van der Waals surface area contributed by atoms with E-state index < -0.39 is 12.1 Å². The Morgan fingerprint density at radius 2 is 1.90 bits per heavy atom. The molecule has 1 aromatic carbocycles. The fourth-order valence-corrected chi connectivity index (χ4v) is 5.39. The number of allylic oxidation sites excluding steroid dienone is 4. The number of nitrogens with zero attached hydrogens (tertiary/aromatic N) is 3. The standard InChI is InChI=1S/C30H32N4O5.C2H6/c1-2-3-4-7-14-31-15-9-16-33-19-24(35)34-27(21-10-8-17-38-20-39-18-13-21)26-25(28(34)30(33)37)29(36)22-11-5-6-12-23(22)32-26;1-2/h3-8,11-15,17-18,21,27-28H,2,9-10,16,19-20H2,1H3,(H,32,36);1-2H3/b4-3-,14-7-,17-8+,18-13+,31-15?;/t21?,27-,28-;/m1./s1. The number of rotatable bonds is 7. The van der Waals surface area contributed by atoms with Crippen LogP contribution in [0.2, 0.25) is 0 Å². The van der Waals surface area contributed by atoms with Crippen molar-refractivity contribution in [3.63, 3.8) is 0 Å². The van der Waals surface area contributed by atoms with Crippen LogP contribution >= 0.6 is 0 Å². The van der Waals surface area contributed by atoms with Crippen LogP contribution < -0.4 is 5.43 Å². The molecule has 0 aliphatic carbocycles. The molecule has 216 valence electrons. The molecule has 1 N–H and O–H groups in total. The molecular weight excluding hydrogens is 520 g/mol. The molecule has 3 atom stereocenters. The zero-order valence-corrected chi connectivity index (χ0v) is 23.9. The van der Waals surface area contributed by atoms with E-state index in [4.69, 9.17) is 9.47 Å². The van der Waals surface area contributed by atoms with Crippen molar-refractivity contribution in [3.8, 4) is 0 Å². The summed E-state index contributed by atoms with van der Waals surface area (Å²) in [5.41, 5.74) is 1.38. The lowest BCUT2D eigenvalue weighted by atomic mass is 9.92. The van der Waals surface area contributed by atoms with Crippen molar-refractivity contribution in [2.75, 3.05) is 19.9 Å². The summed E-state index contributed by atoms with van der Waals surface area (Å²) in [7, 11) is 0. The third kappa shape index (κ3) is 6.34. The molecule has 1 unspecified atom stereocenters. The molecule has 3 aliphatic rings. The minimum Gasteiger partial charge on any atom is -0.465 e. The summed E-state index contributed by atoms with van der Waals surface area (Å²) in [5.74, 6) is -0.697. The van der Waals surface area contributed by atoms with Crippen molar-refractivity contribution in [1.82, 2.24) is 14.8 Å². The zero-order chi connectivity index (χ0) is 29.2. The first kappa shape index (κ1) is 29.6. The molecule has 41 heavy (non-hydrogen) atoms. The number of H-pyrrole nitrogens is 1. The number of para-hydroxylation sites is 1. The van der Waals surface area contributed by atoms with Gasteiger partial charge in [0.15, 0.2) is 5.43 Å². The molecule has 4 heterocycles. The molecule has 0 spiro atoms. The summed E-state index contributed by atoms with van der Waals surface area (Å²) in [6.07, 6.45) is 18.0. The van der Waals surface area contributed by atoms with Gasteiger partial charge < -0.3 is 24.3 Å². The van der Waals surface area contributed by atoms with Gasteiger partial charge in [0.05, 0.1) is 30.7 Å². The third-order valence-electron chi connectivity index (χ3n) is 7.14. The maximum atomic E-state index is 13.9. The second kappa shape index (κ2) is 14.3. The predicted octanol–water partition coefficient (Wildman–Crippen LogP) is 5.30. The highest BCUT2D eigenvalue weighted by Crippen LogP contribution is 2.48. The van der Waals surface area contributed by atoms with Crippen molar-refractivity contribution in [1.29, 1.82) is 0 Å². The van der Waals surface area contributed by atoms with Crippen molar-refractivity contribution >= 4 is 28.9 Å². The number of ether oxygens (including phenoxy) is 2. The first-order valence-corrected chi connectivity index (χ1v) is 14.2. The van der Waals surface area contributed by atoms with Crippen LogP contribution in [0.15, 0.2) is 83.2 Å².